The normalized spacial score (nSPS) is 14.9. The van der Waals surface area contributed by atoms with Gasteiger partial charge >= 0.3 is 0 Å². The average molecular weight is 500 g/mol. The van der Waals surface area contributed by atoms with Crippen LogP contribution in [0.15, 0.2) is 69.9 Å². The van der Waals surface area contributed by atoms with Crippen molar-refractivity contribution in [2.75, 3.05) is 6.61 Å². The van der Waals surface area contributed by atoms with Gasteiger partial charge in [-0.25, -0.2) is 4.39 Å². The molecule has 1 aliphatic rings. The Hall–Kier alpha value is -3.93. The second-order valence-corrected chi connectivity index (χ2v) is 9.70. The number of rotatable bonds is 8. The first kappa shape index (κ1) is 24.8. The Kier molecular flexibility index (Phi) is 6.83. The minimum Gasteiger partial charge on any atom is -0.494 e. The highest BCUT2D eigenvalue weighted by molar-refractivity contribution is 5.99. The molecule has 2 heterocycles. The zero-order valence-corrected chi connectivity index (χ0v) is 21.3. The summed E-state index contributed by atoms with van der Waals surface area (Å²) in [6, 6.07) is 16.5. The van der Waals surface area contributed by atoms with E-state index in [0.29, 0.717) is 28.9 Å². The van der Waals surface area contributed by atoms with Gasteiger partial charge in [-0.15, -0.1) is 0 Å². The van der Waals surface area contributed by atoms with Crippen LogP contribution in [0.5, 0.6) is 5.75 Å². The van der Waals surface area contributed by atoms with E-state index in [2.05, 4.69) is 6.92 Å². The number of ether oxygens (including phenoxy) is 1. The van der Waals surface area contributed by atoms with Crippen molar-refractivity contribution in [1.82, 2.24) is 4.90 Å². The van der Waals surface area contributed by atoms with Crippen molar-refractivity contribution in [2.24, 2.45) is 0 Å². The van der Waals surface area contributed by atoms with Gasteiger partial charge in [-0.05, 0) is 78.9 Å². The van der Waals surface area contributed by atoms with Crippen LogP contribution in [0, 0.1) is 19.7 Å². The van der Waals surface area contributed by atoms with Crippen molar-refractivity contribution in [3.05, 3.63) is 110 Å². The third kappa shape index (κ3) is 4.76. The van der Waals surface area contributed by atoms with Crippen LogP contribution in [0.4, 0.5) is 4.39 Å². The number of unbranched alkanes of at least 4 members (excludes halogenated alkanes) is 2. The van der Waals surface area contributed by atoms with E-state index in [1.165, 1.54) is 12.1 Å². The third-order valence-corrected chi connectivity index (χ3v) is 7.04. The second kappa shape index (κ2) is 10.2. The molecule has 3 aromatic carbocycles. The first-order chi connectivity index (χ1) is 17.9. The number of fused-ring (bicyclic) bond motifs is 2. The Morgan fingerprint density at radius 3 is 2.49 bits per heavy atom. The van der Waals surface area contributed by atoms with E-state index in [1.807, 2.05) is 50.2 Å². The largest absolute Gasteiger partial charge is 0.494 e. The first-order valence-electron chi connectivity index (χ1n) is 12.7. The fourth-order valence-electron chi connectivity index (χ4n) is 4.89. The van der Waals surface area contributed by atoms with Gasteiger partial charge in [0.1, 0.15) is 17.1 Å². The van der Waals surface area contributed by atoms with Crippen molar-refractivity contribution < 1.29 is 18.3 Å². The summed E-state index contributed by atoms with van der Waals surface area (Å²) in [6.45, 7) is 6.83. The van der Waals surface area contributed by atoms with Gasteiger partial charge in [0.2, 0.25) is 5.76 Å². The van der Waals surface area contributed by atoms with Gasteiger partial charge in [0, 0.05) is 6.54 Å². The van der Waals surface area contributed by atoms with E-state index in [4.69, 9.17) is 9.15 Å². The van der Waals surface area contributed by atoms with Crippen molar-refractivity contribution in [1.29, 1.82) is 0 Å². The Labute approximate surface area is 215 Å². The second-order valence-electron chi connectivity index (χ2n) is 9.70. The van der Waals surface area contributed by atoms with Crippen LogP contribution in [0.2, 0.25) is 0 Å². The number of aryl methyl sites for hydroxylation is 2. The highest BCUT2D eigenvalue weighted by Gasteiger charge is 2.42. The van der Waals surface area contributed by atoms with Gasteiger partial charge in [-0.3, -0.25) is 9.59 Å². The number of halogens is 1. The molecular formula is C31H30FNO4. The molecule has 0 aliphatic carbocycles. The number of carbonyl (C=O) groups excluding carboxylic acids is 1. The number of hydrogen-bond donors (Lipinski definition) is 0. The standard InChI is InChI=1S/C31H30FNO4/c1-4-5-6-14-36-24-9-7-8-22(17-24)28-27-29(34)25-15-19(2)20(3)16-26(25)37-30(27)31(35)33(28)18-21-10-12-23(32)13-11-21/h7-13,15-17,28H,4-6,14,18H2,1-3H3. The van der Waals surface area contributed by atoms with E-state index in [1.54, 1.807) is 17.0 Å². The summed E-state index contributed by atoms with van der Waals surface area (Å²) in [5.74, 6) is 0.0314. The molecule has 0 fully saturated rings. The molecule has 0 saturated heterocycles. The Morgan fingerprint density at radius 1 is 0.973 bits per heavy atom. The quantitative estimate of drug-likeness (QED) is 0.248. The number of carbonyl (C=O) groups is 1. The zero-order valence-electron chi connectivity index (χ0n) is 21.3. The van der Waals surface area contributed by atoms with Crippen LogP contribution in [0.25, 0.3) is 11.0 Å². The predicted molar refractivity (Wildman–Crippen MR) is 142 cm³/mol. The van der Waals surface area contributed by atoms with Gasteiger partial charge < -0.3 is 14.1 Å². The minimum atomic E-state index is -0.658. The Bertz CT molecular complexity index is 1520. The van der Waals surface area contributed by atoms with Crippen molar-refractivity contribution >= 4 is 16.9 Å². The summed E-state index contributed by atoms with van der Waals surface area (Å²) in [5.41, 5.74) is 3.98. The lowest BCUT2D eigenvalue weighted by atomic mass is 9.97. The van der Waals surface area contributed by atoms with Crippen LogP contribution in [0.3, 0.4) is 0 Å². The summed E-state index contributed by atoms with van der Waals surface area (Å²) in [4.78, 5) is 29.2. The van der Waals surface area contributed by atoms with Gasteiger partial charge in [0.15, 0.2) is 5.43 Å². The average Bonchev–Trinajstić information content (AvgIpc) is 3.16. The first-order valence-corrected chi connectivity index (χ1v) is 12.7. The van der Waals surface area contributed by atoms with Gasteiger partial charge in [-0.2, -0.15) is 0 Å². The number of benzene rings is 3. The molecule has 1 aliphatic heterocycles. The van der Waals surface area contributed by atoms with Gasteiger partial charge in [0.25, 0.3) is 5.91 Å². The fraction of sp³-hybridized carbons (Fsp3) is 0.290. The highest BCUT2D eigenvalue weighted by atomic mass is 19.1. The van der Waals surface area contributed by atoms with Crippen LogP contribution < -0.4 is 10.2 Å². The van der Waals surface area contributed by atoms with Crippen LogP contribution >= 0.6 is 0 Å². The van der Waals surface area contributed by atoms with E-state index >= 15 is 0 Å². The molecule has 6 heteroatoms. The van der Waals surface area contributed by atoms with E-state index in [9.17, 15) is 14.0 Å². The zero-order chi connectivity index (χ0) is 26.1. The van der Waals surface area contributed by atoms with Gasteiger partial charge in [-0.1, -0.05) is 44.0 Å². The van der Waals surface area contributed by atoms with E-state index in [-0.39, 0.29) is 29.5 Å². The molecule has 1 amide bonds. The number of amides is 1. The molecule has 0 saturated carbocycles. The van der Waals surface area contributed by atoms with Crippen LogP contribution in [-0.2, 0) is 6.54 Å². The summed E-state index contributed by atoms with van der Waals surface area (Å²) in [6.07, 6.45) is 3.14. The smallest absolute Gasteiger partial charge is 0.291 e. The molecule has 0 N–H and O–H groups in total. The highest BCUT2D eigenvalue weighted by Crippen LogP contribution is 2.40. The molecular weight excluding hydrogens is 469 g/mol. The lowest BCUT2D eigenvalue weighted by Gasteiger charge is -2.25. The molecule has 0 spiro atoms. The summed E-state index contributed by atoms with van der Waals surface area (Å²) < 4.78 is 25.6. The topological polar surface area (TPSA) is 59.8 Å². The maximum Gasteiger partial charge on any atom is 0.291 e. The Morgan fingerprint density at radius 2 is 1.73 bits per heavy atom. The lowest BCUT2D eigenvalue weighted by molar-refractivity contribution is 0.0714. The van der Waals surface area contributed by atoms with Gasteiger partial charge in [0.05, 0.1) is 23.6 Å². The van der Waals surface area contributed by atoms with Crippen molar-refractivity contribution in [3.63, 3.8) is 0 Å². The Balaban J connectivity index is 1.63. The van der Waals surface area contributed by atoms with Crippen LogP contribution in [0.1, 0.15) is 70.6 Å². The molecule has 37 heavy (non-hydrogen) atoms. The molecule has 1 atom stereocenters. The van der Waals surface area contributed by atoms with E-state index < -0.39 is 6.04 Å². The molecule has 190 valence electrons. The molecule has 1 aromatic heterocycles. The summed E-state index contributed by atoms with van der Waals surface area (Å²) in [5, 5.41) is 0.454. The minimum absolute atomic E-state index is 0.0575. The van der Waals surface area contributed by atoms with Crippen molar-refractivity contribution in [2.45, 2.75) is 52.6 Å². The lowest BCUT2D eigenvalue weighted by Crippen LogP contribution is -2.29. The molecule has 4 aromatic rings. The predicted octanol–water partition coefficient (Wildman–Crippen LogP) is 6.86. The van der Waals surface area contributed by atoms with E-state index in [0.717, 1.165) is 41.5 Å². The van der Waals surface area contributed by atoms with Crippen molar-refractivity contribution in [3.8, 4) is 5.75 Å². The number of hydrogen-bond acceptors (Lipinski definition) is 4. The maximum atomic E-state index is 13.9. The number of nitrogens with zero attached hydrogens (tertiary/aromatic N) is 1. The maximum absolute atomic E-state index is 13.9. The molecule has 5 nitrogen and oxygen atoms in total. The third-order valence-electron chi connectivity index (χ3n) is 7.04. The monoisotopic (exact) mass is 499 g/mol. The SMILES string of the molecule is CCCCCOc1cccc(C2c3c(oc4cc(C)c(C)cc4c3=O)C(=O)N2Cc2ccc(F)cc2)c1. The summed E-state index contributed by atoms with van der Waals surface area (Å²) in [7, 11) is 0. The molecule has 5 rings (SSSR count). The fourth-order valence-corrected chi connectivity index (χ4v) is 4.89. The summed E-state index contributed by atoms with van der Waals surface area (Å²) >= 11 is 0. The molecule has 0 radical (unpaired) electrons. The molecule has 0 bridgehead atoms. The van der Waals surface area contributed by atoms with Crippen LogP contribution in [-0.4, -0.2) is 17.4 Å². The molecule has 1 unspecified atom stereocenters.